The average molecular weight is 288 g/mol. The summed E-state index contributed by atoms with van der Waals surface area (Å²) in [6.45, 7) is 4.10. The van der Waals surface area contributed by atoms with Crippen LogP contribution < -0.4 is 10.5 Å². The molecule has 0 unspecified atom stereocenters. The summed E-state index contributed by atoms with van der Waals surface area (Å²) in [6, 6.07) is 0. The van der Waals surface area contributed by atoms with E-state index in [9.17, 15) is 13.2 Å². The van der Waals surface area contributed by atoms with Crippen molar-refractivity contribution in [2.24, 2.45) is 5.14 Å². The van der Waals surface area contributed by atoms with Gasteiger partial charge in [-0.2, -0.15) is 5.10 Å². The highest BCUT2D eigenvalue weighted by atomic mass is 32.2. The van der Waals surface area contributed by atoms with Crippen LogP contribution in [0.3, 0.4) is 0 Å². The highest BCUT2D eigenvalue weighted by molar-refractivity contribution is 7.89. The summed E-state index contributed by atoms with van der Waals surface area (Å²) in [6.07, 6.45) is 4.11. The van der Waals surface area contributed by atoms with Gasteiger partial charge in [0.15, 0.2) is 5.69 Å². The minimum atomic E-state index is -3.96. The number of aromatic nitrogens is 2. The fourth-order valence-corrected chi connectivity index (χ4v) is 2.64. The number of hydrogen-bond donors (Lipinski definition) is 3. The fraction of sp³-hybridized carbons (Fsp3) is 0.636. The van der Waals surface area contributed by atoms with E-state index in [1.165, 1.54) is 6.92 Å². The number of H-pyrrole nitrogens is 1. The second kappa shape index (κ2) is 6.67. The molecular formula is C11H20N4O3S. The largest absolute Gasteiger partial charge is 0.351 e. The molecule has 0 saturated heterocycles. The Morgan fingerprint density at radius 2 is 2.05 bits per heavy atom. The number of amides is 1. The van der Waals surface area contributed by atoms with Gasteiger partial charge in [0, 0.05) is 6.54 Å². The van der Waals surface area contributed by atoms with Gasteiger partial charge in [-0.1, -0.05) is 26.2 Å². The zero-order valence-corrected chi connectivity index (χ0v) is 12.0. The number of aryl methyl sites for hydroxylation is 1. The summed E-state index contributed by atoms with van der Waals surface area (Å²) in [4.78, 5) is 11.6. The van der Waals surface area contributed by atoms with Gasteiger partial charge in [-0.3, -0.25) is 9.89 Å². The van der Waals surface area contributed by atoms with Crippen molar-refractivity contribution < 1.29 is 13.2 Å². The molecular weight excluding hydrogens is 268 g/mol. The molecule has 0 atom stereocenters. The van der Waals surface area contributed by atoms with E-state index in [-0.39, 0.29) is 16.3 Å². The zero-order chi connectivity index (χ0) is 14.5. The van der Waals surface area contributed by atoms with Crippen molar-refractivity contribution in [3.63, 3.8) is 0 Å². The van der Waals surface area contributed by atoms with Crippen molar-refractivity contribution in [1.82, 2.24) is 15.5 Å². The lowest BCUT2D eigenvalue weighted by molar-refractivity contribution is 0.0944. The van der Waals surface area contributed by atoms with Gasteiger partial charge in [0.1, 0.15) is 4.90 Å². The minimum Gasteiger partial charge on any atom is -0.351 e. The highest BCUT2D eigenvalue weighted by Crippen LogP contribution is 2.15. The summed E-state index contributed by atoms with van der Waals surface area (Å²) in [5, 5.41) is 13.9. The molecule has 0 fully saturated rings. The lowest BCUT2D eigenvalue weighted by Crippen LogP contribution is -2.27. The number of hydrogen-bond acceptors (Lipinski definition) is 4. The molecule has 0 aliphatic rings. The lowest BCUT2D eigenvalue weighted by Gasteiger charge is -2.04. The monoisotopic (exact) mass is 288 g/mol. The van der Waals surface area contributed by atoms with E-state index in [1.54, 1.807) is 0 Å². The van der Waals surface area contributed by atoms with Crippen molar-refractivity contribution in [3.8, 4) is 0 Å². The molecule has 19 heavy (non-hydrogen) atoms. The van der Waals surface area contributed by atoms with Crippen LogP contribution in [-0.4, -0.2) is 31.1 Å². The van der Waals surface area contributed by atoms with Crippen LogP contribution in [0.25, 0.3) is 0 Å². The molecule has 0 spiro atoms. The SMILES string of the molecule is CCCCCCNC(=O)c1n[nH]c(C)c1S(N)(=O)=O. The first-order valence-corrected chi connectivity index (χ1v) is 7.78. The van der Waals surface area contributed by atoms with E-state index >= 15 is 0 Å². The Labute approximate surface area is 113 Å². The molecule has 108 valence electrons. The first-order valence-electron chi connectivity index (χ1n) is 6.24. The van der Waals surface area contributed by atoms with Gasteiger partial charge in [-0.25, -0.2) is 13.6 Å². The highest BCUT2D eigenvalue weighted by Gasteiger charge is 2.25. The van der Waals surface area contributed by atoms with Crippen molar-refractivity contribution >= 4 is 15.9 Å². The predicted octanol–water partition coefficient (Wildman–Crippen LogP) is 0.676. The molecule has 1 aromatic heterocycles. The van der Waals surface area contributed by atoms with E-state index < -0.39 is 15.9 Å². The normalized spacial score (nSPS) is 11.5. The van der Waals surface area contributed by atoms with Gasteiger partial charge < -0.3 is 5.32 Å². The van der Waals surface area contributed by atoms with E-state index in [4.69, 9.17) is 5.14 Å². The second-order valence-electron chi connectivity index (χ2n) is 4.39. The molecule has 4 N–H and O–H groups in total. The third-order valence-corrected chi connectivity index (χ3v) is 3.78. The molecule has 0 aliphatic carbocycles. The smallest absolute Gasteiger partial charge is 0.273 e. The van der Waals surface area contributed by atoms with Crippen LogP contribution in [0.15, 0.2) is 4.90 Å². The summed E-state index contributed by atoms with van der Waals surface area (Å²) in [5.74, 6) is -0.523. The van der Waals surface area contributed by atoms with Crippen LogP contribution in [-0.2, 0) is 10.0 Å². The predicted molar refractivity (Wildman–Crippen MR) is 71.2 cm³/mol. The van der Waals surface area contributed by atoms with E-state index in [1.807, 2.05) is 0 Å². The third-order valence-electron chi connectivity index (χ3n) is 2.71. The van der Waals surface area contributed by atoms with Crippen LogP contribution in [0, 0.1) is 6.92 Å². The molecule has 0 saturated carbocycles. The van der Waals surface area contributed by atoms with Crippen LogP contribution in [0.4, 0.5) is 0 Å². The van der Waals surface area contributed by atoms with E-state index in [0.29, 0.717) is 6.54 Å². The van der Waals surface area contributed by atoms with Gasteiger partial charge >= 0.3 is 0 Å². The zero-order valence-electron chi connectivity index (χ0n) is 11.2. The Morgan fingerprint density at radius 1 is 1.37 bits per heavy atom. The molecule has 7 nitrogen and oxygen atoms in total. The number of carbonyl (C=O) groups excluding carboxylic acids is 1. The maximum absolute atomic E-state index is 11.8. The maximum Gasteiger partial charge on any atom is 0.273 e. The van der Waals surface area contributed by atoms with Crippen molar-refractivity contribution in [2.75, 3.05) is 6.54 Å². The van der Waals surface area contributed by atoms with Crippen LogP contribution in [0.5, 0.6) is 0 Å². The molecule has 0 bridgehead atoms. The summed E-state index contributed by atoms with van der Waals surface area (Å²) < 4.78 is 22.8. The van der Waals surface area contributed by atoms with Crippen LogP contribution >= 0.6 is 0 Å². The number of primary sulfonamides is 1. The van der Waals surface area contributed by atoms with Crippen LogP contribution in [0.2, 0.25) is 0 Å². The summed E-state index contributed by atoms with van der Waals surface area (Å²) in [7, 11) is -3.96. The van der Waals surface area contributed by atoms with Crippen molar-refractivity contribution in [2.45, 2.75) is 44.4 Å². The first kappa shape index (κ1) is 15.6. The summed E-state index contributed by atoms with van der Waals surface area (Å²) >= 11 is 0. The van der Waals surface area contributed by atoms with Gasteiger partial charge in [-0.15, -0.1) is 0 Å². The number of carbonyl (C=O) groups is 1. The Morgan fingerprint density at radius 3 is 2.63 bits per heavy atom. The first-order chi connectivity index (χ1) is 8.88. The molecule has 1 aromatic rings. The molecule has 1 rings (SSSR count). The van der Waals surface area contributed by atoms with Gasteiger partial charge in [0.25, 0.3) is 5.91 Å². The number of nitrogens with two attached hydrogens (primary N) is 1. The van der Waals surface area contributed by atoms with Crippen molar-refractivity contribution in [3.05, 3.63) is 11.4 Å². The summed E-state index contributed by atoms with van der Waals surface area (Å²) in [5.41, 5.74) is 0.0918. The molecule has 1 heterocycles. The number of unbranched alkanes of at least 4 members (excludes halogenated alkanes) is 3. The number of nitrogens with one attached hydrogen (secondary N) is 2. The lowest BCUT2D eigenvalue weighted by atomic mass is 10.2. The minimum absolute atomic E-state index is 0.171. The van der Waals surface area contributed by atoms with Gasteiger partial charge in [0.05, 0.1) is 5.69 Å². The third kappa shape index (κ3) is 4.32. The Bertz CT molecular complexity index is 536. The van der Waals surface area contributed by atoms with E-state index in [0.717, 1.165) is 25.7 Å². The molecule has 8 heteroatoms. The van der Waals surface area contributed by atoms with Crippen LogP contribution in [0.1, 0.15) is 48.8 Å². The number of aromatic amines is 1. The standard InChI is InChI=1S/C11H20N4O3S/c1-3-4-5-6-7-13-11(16)9-10(19(12,17)18)8(2)14-15-9/h3-7H2,1-2H3,(H,13,16)(H,14,15)(H2,12,17,18). The van der Waals surface area contributed by atoms with Gasteiger partial charge in [-0.05, 0) is 13.3 Å². The number of rotatable bonds is 7. The average Bonchev–Trinajstić information content (AvgIpc) is 2.70. The quantitative estimate of drug-likeness (QED) is 0.639. The van der Waals surface area contributed by atoms with Gasteiger partial charge in [0.2, 0.25) is 10.0 Å². The number of nitrogens with zero attached hydrogens (tertiary/aromatic N) is 1. The molecule has 0 aliphatic heterocycles. The Hall–Kier alpha value is -1.41. The fourth-order valence-electron chi connectivity index (χ4n) is 1.76. The molecule has 1 amide bonds. The number of sulfonamides is 1. The maximum atomic E-state index is 11.8. The topological polar surface area (TPSA) is 118 Å². The second-order valence-corrected chi connectivity index (χ2v) is 5.89. The molecule has 0 aromatic carbocycles. The van der Waals surface area contributed by atoms with E-state index in [2.05, 4.69) is 22.4 Å². The Balaban J connectivity index is 2.68. The van der Waals surface area contributed by atoms with Crippen molar-refractivity contribution in [1.29, 1.82) is 0 Å². The molecule has 0 radical (unpaired) electrons. The Kier molecular flexibility index (Phi) is 5.49.